The Labute approximate surface area is 188 Å². The molecule has 0 saturated carbocycles. The Kier molecular flexibility index (Phi) is 7.20. The second-order valence-corrected chi connectivity index (χ2v) is 10.1. The molecule has 9 heteroatoms. The molecule has 0 bridgehead atoms. The summed E-state index contributed by atoms with van der Waals surface area (Å²) in [6.07, 6.45) is 0.875. The van der Waals surface area contributed by atoms with Crippen LogP contribution in [-0.2, 0) is 19.6 Å². The van der Waals surface area contributed by atoms with Crippen LogP contribution in [0.4, 0.5) is 5.69 Å². The van der Waals surface area contributed by atoms with Crippen molar-refractivity contribution >= 4 is 27.5 Å². The molecule has 0 unspecified atom stereocenters. The number of ether oxygens (including phenoxy) is 1. The maximum atomic E-state index is 13.2. The van der Waals surface area contributed by atoms with E-state index in [1.165, 1.54) is 4.31 Å². The lowest BCUT2D eigenvalue weighted by molar-refractivity contribution is -0.121. The fraction of sp³-hybridized carbons (Fsp3) is 0.391. The van der Waals surface area contributed by atoms with Crippen LogP contribution in [-0.4, -0.2) is 44.2 Å². The van der Waals surface area contributed by atoms with Gasteiger partial charge < -0.3 is 15.8 Å². The van der Waals surface area contributed by atoms with Crippen molar-refractivity contribution < 1.29 is 22.7 Å². The van der Waals surface area contributed by atoms with Crippen molar-refractivity contribution in [2.45, 2.75) is 38.5 Å². The summed E-state index contributed by atoms with van der Waals surface area (Å²) >= 11 is 0. The van der Waals surface area contributed by atoms with Crippen molar-refractivity contribution in [3.8, 4) is 5.75 Å². The quantitative estimate of drug-likeness (QED) is 0.659. The Bertz CT molecular complexity index is 1100. The first-order chi connectivity index (χ1) is 15.1. The molecule has 0 atom stereocenters. The van der Waals surface area contributed by atoms with Gasteiger partial charge in [-0.1, -0.05) is 23.8 Å². The number of nitrogens with zero attached hydrogens (tertiary/aromatic N) is 1. The van der Waals surface area contributed by atoms with Gasteiger partial charge in [-0.2, -0.15) is 4.31 Å². The molecule has 32 heavy (non-hydrogen) atoms. The zero-order valence-electron chi connectivity index (χ0n) is 18.6. The number of hydrogen-bond donors (Lipinski definition) is 2. The van der Waals surface area contributed by atoms with Gasteiger partial charge in [-0.15, -0.1) is 0 Å². The normalized spacial score (nSPS) is 15.3. The van der Waals surface area contributed by atoms with Gasteiger partial charge >= 0.3 is 0 Å². The minimum atomic E-state index is -3.62. The summed E-state index contributed by atoms with van der Waals surface area (Å²) in [5.74, 6) is -0.628. The molecule has 0 spiro atoms. The van der Waals surface area contributed by atoms with Gasteiger partial charge in [0.1, 0.15) is 5.75 Å². The SMILES string of the molecule is Cc1cc(C)c(S(=O)(=O)N2CCC(C(=O)Nc3cccc(OCC(N)=O)c3)CC2)c(C)c1. The minimum Gasteiger partial charge on any atom is -0.484 e. The van der Waals surface area contributed by atoms with Crippen molar-refractivity contribution in [2.75, 3.05) is 25.0 Å². The Balaban J connectivity index is 1.63. The number of nitrogens with one attached hydrogen (secondary N) is 1. The molecule has 172 valence electrons. The average Bonchev–Trinajstić information content (AvgIpc) is 2.71. The number of aryl methyl sites for hydroxylation is 3. The van der Waals surface area contributed by atoms with E-state index in [2.05, 4.69) is 5.32 Å². The molecule has 1 fully saturated rings. The van der Waals surface area contributed by atoms with Crippen molar-refractivity contribution in [2.24, 2.45) is 11.7 Å². The third-order valence-electron chi connectivity index (χ3n) is 5.51. The number of primary amides is 1. The molecule has 0 radical (unpaired) electrons. The van der Waals surface area contributed by atoms with E-state index >= 15 is 0 Å². The smallest absolute Gasteiger partial charge is 0.255 e. The first kappa shape index (κ1) is 23.7. The van der Waals surface area contributed by atoms with Crippen LogP contribution < -0.4 is 15.8 Å². The summed E-state index contributed by atoms with van der Waals surface area (Å²) in [5, 5.41) is 2.85. The van der Waals surface area contributed by atoms with Gasteiger partial charge in [-0.05, 0) is 56.9 Å². The van der Waals surface area contributed by atoms with E-state index < -0.39 is 15.9 Å². The lowest BCUT2D eigenvalue weighted by Gasteiger charge is -2.31. The fourth-order valence-electron chi connectivity index (χ4n) is 4.12. The lowest BCUT2D eigenvalue weighted by Crippen LogP contribution is -2.41. The standard InChI is InChI=1S/C23H29N3O5S/c1-15-11-16(2)22(17(3)12-15)32(29,30)26-9-7-18(8-10-26)23(28)25-19-5-4-6-20(13-19)31-14-21(24)27/h4-6,11-13,18H,7-10,14H2,1-3H3,(H2,24,27)(H,25,28). The summed E-state index contributed by atoms with van der Waals surface area (Å²) in [7, 11) is -3.62. The van der Waals surface area contributed by atoms with Crippen LogP contribution in [0.15, 0.2) is 41.3 Å². The number of rotatable bonds is 7. The van der Waals surface area contributed by atoms with Gasteiger partial charge in [0.25, 0.3) is 5.91 Å². The summed E-state index contributed by atoms with van der Waals surface area (Å²) in [5.41, 5.74) is 8.12. The number of nitrogens with two attached hydrogens (primary N) is 1. The molecule has 0 aliphatic carbocycles. The molecular weight excluding hydrogens is 430 g/mol. The average molecular weight is 460 g/mol. The number of piperidine rings is 1. The number of carbonyl (C=O) groups excluding carboxylic acids is 2. The maximum absolute atomic E-state index is 13.2. The Morgan fingerprint density at radius 2 is 1.72 bits per heavy atom. The lowest BCUT2D eigenvalue weighted by atomic mass is 9.97. The van der Waals surface area contributed by atoms with Crippen LogP contribution in [0.3, 0.4) is 0 Å². The van der Waals surface area contributed by atoms with Crippen molar-refractivity contribution in [3.05, 3.63) is 53.1 Å². The maximum Gasteiger partial charge on any atom is 0.255 e. The third-order valence-corrected chi connectivity index (χ3v) is 7.71. The van der Waals surface area contributed by atoms with Crippen molar-refractivity contribution in [3.63, 3.8) is 0 Å². The summed E-state index contributed by atoms with van der Waals surface area (Å²) in [6, 6.07) is 10.5. The number of carbonyl (C=O) groups is 2. The molecular formula is C23H29N3O5S. The van der Waals surface area contributed by atoms with E-state index in [0.29, 0.717) is 29.2 Å². The second-order valence-electron chi connectivity index (χ2n) is 8.18. The number of sulfonamides is 1. The van der Waals surface area contributed by atoms with Crippen molar-refractivity contribution in [1.29, 1.82) is 0 Å². The van der Waals surface area contributed by atoms with E-state index in [9.17, 15) is 18.0 Å². The van der Waals surface area contributed by atoms with Crippen LogP contribution in [0.1, 0.15) is 29.5 Å². The van der Waals surface area contributed by atoms with Gasteiger partial charge in [0, 0.05) is 30.8 Å². The van der Waals surface area contributed by atoms with Crippen LogP contribution in [0, 0.1) is 26.7 Å². The van der Waals surface area contributed by atoms with Gasteiger partial charge in [-0.25, -0.2) is 8.42 Å². The molecule has 0 aromatic heterocycles. The van der Waals surface area contributed by atoms with E-state index in [0.717, 1.165) is 16.7 Å². The highest BCUT2D eigenvalue weighted by Crippen LogP contribution is 2.29. The van der Waals surface area contributed by atoms with Crippen LogP contribution in [0.25, 0.3) is 0 Å². The van der Waals surface area contributed by atoms with Crippen LogP contribution in [0.2, 0.25) is 0 Å². The molecule has 3 rings (SSSR count). The second kappa shape index (κ2) is 9.70. The van der Waals surface area contributed by atoms with Crippen molar-refractivity contribution in [1.82, 2.24) is 4.31 Å². The monoisotopic (exact) mass is 459 g/mol. The molecule has 1 heterocycles. The van der Waals surface area contributed by atoms with E-state index in [-0.39, 0.29) is 31.5 Å². The number of benzene rings is 2. The number of hydrogen-bond acceptors (Lipinski definition) is 5. The van der Waals surface area contributed by atoms with E-state index in [4.69, 9.17) is 10.5 Å². The zero-order chi connectivity index (χ0) is 23.5. The molecule has 1 saturated heterocycles. The van der Waals surface area contributed by atoms with E-state index in [1.54, 1.807) is 24.3 Å². The fourth-order valence-corrected chi connectivity index (χ4v) is 6.00. The Morgan fingerprint density at radius 3 is 2.31 bits per heavy atom. The Morgan fingerprint density at radius 1 is 1.09 bits per heavy atom. The predicted molar refractivity (Wildman–Crippen MR) is 122 cm³/mol. The molecule has 8 nitrogen and oxygen atoms in total. The first-order valence-corrected chi connectivity index (χ1v) is 11.9. The molecule has 1 aliphatic heterocycles. The zero-order valence-corrected chi connectivity index (χ0v) is 19.4. The van der Waals surface area contributed by atoms with Crippen LogP contribution >= 0.6 is 0 Å². The van der Waals surface area contributed by atoms with Gasteiger partial charge in [0.05, 0.1) is 4.90 Å². The summed E-state index contributed by atoms with van der Waals surface area (Å²) in [4.78, 5) is 23.9. The highest BCUT2D eigenvalue weighted by molar-refractivity contribution is 7.89. The van der Waals surface area contributed by atoms with Gasteiger partial charge in [0.2, 0.25) is 15.9 Å². The first-order valence-electron chi connectivity index (χ1n) is 10.5. The number of amides is 2. The highest BCUT2D eigenvalue weighted by atomic mass is 32.2. The van der Waals surface area contributed by atoms with Gasteiger partial charge in [-0.3, -0.25) is 9.59 Å². The van der Waals surface area contributed by atoms with E-state index in [1.807, 2.05) is 32.9 Å². The Hall–Kier alpha value is -2.91. The van der Waals surface area contributed by atoms with Gasteiger partial charge in [0.15, 0.2) is 6.61 Å². The molecule has 3 N–H and O–H groups in total. The topological polar surface area (TPSA) is 119 Å². The summed E-state index contributed by atoms with van der Waals surface area (Å²) < 4.78 is 33.2. The third kappa shape index (κ3) is 5.46. The molecule has 1 aliphatic rings. The largest absolute Gasteiger partial charge is 0.484 e. The molecule has 2 aromatic carbocycles. The summed E-state index contributed by atoms with van der Waals surface area (Å²) in [6.45, 7) is 5.90. The van der Waals surface area contributed by atoms with Crippen LogP contribution in [0.5, 0.6) is 5.75 Å². The number of anilines is 1. The molecule has 2 aromatic rings. The molecule has 2 amide bonds. The highest BCUT2D eigenvalue weighted by Gasteiger charge is 2.33. The minimum absolute atomic E-state index is 0.170. The predicted octanol–water partition coefficient (Wildman–Crippen LogP) is 2.52.